The van der Waals surface area contributed by atoms with E-state index in [2.05, 4.69) is 17.1 Å². The molecule has 2 aromatic rings. The van der Waals surface area contributed by atoms with Crippen molar-refractivity contribution >= 4 is 23.0 Å². The molecule has 0 radical (unpaired) electrons. The fraction of sp³-hybridized carbons (Fsp3) is 0.552. The normalized spacial score (nSPS) is 29.3. The Labute approximate surface area is 217 Å². The van der Waals surface area contributed by atoms with E-state index in [1.807, 2.05) is 12.1 Å². The van der Waals surface area contributed by atoms with E-state index in [0.717, 1.165) is 23.4 Å². The van der Waals surface area contributed by atoms with Gasteiger partial charge in [-0.1, -0.05) is 0 Å². The summed E-state index contributed by atoms with van der Waals surface area (Å²) in [5.74, 6) is 2.01. The lowest BCUT2D eigenvalue weighted by molar-refractivity contribution is -0.384. The molecule has 1 aliphatic heterocycles. The molecule has 4 aliphatic carbocycles. The third-order valence-electron chi connectivity index (χ3n) is 9.58. The average molecular weight is 507 g/mol. The van der Waals surface area contributed by atoms with Crippen molar-refractivity contribution in [3.05, 3.63) is 64.0 Å². The number of carbonyl (C=O) groups excluding carboxylic acids is 1. The summed E-state index contributed by atoms with van der Waals surface area (Å²) in [7, 11) is 0. The number of nitrogens with zero attached hydrogens (tertiary/aromatic N) is 3. The van der Waals surface area contributed by atoms with Crippen molar-refractivity contribution in [3.8, 4) is 0 Å². The van der Waals surface area contributed by atoms with Gasteiger partial charge in [-0.15, -0.1) is 0 Å². The number of nitro benzene ring substituents is 1. The Morgan fingerprint density at radius 1 is 1.00 bits per heavy atom. The summed E-state index contributed by atoms with van der Waals surface area (Å²) in [6.07, 6.45) is 7.84. The van der Waals surface area contributed by atoms with E-state index in [1.54, 1.807) is 11.0 Å². The second-order valence-corrected chi connectivity index (χ2v) is 11.9. The molecule has 1 amide bonds. The van der Waals surface area contributed by atoms with Gasteiger partial charge in [-0.3, -0.25) is 14.9 Å². The zero-order valence-electron chi connectivity index (χ0n) is 21.4. The highest BCUT2D eigenvalue weighted by atomic mass is 19.1. The van der Waals surface area contributed by atoms with E-state index in [-0.39, 0.29) is 33.8 Å². The third-order valence-corrected chi connectivity index (χ3v) is 9.58. The maximum atomic E-state index is 13.2. The van der Waals surface area contributed by atoms with Crippen LogP contribution in [0.1, 0.15) is 55.8 Å². The molecule has 0 spiro atoms. The number of hydrogen-bond acceptors (Lipinski definition) is 5. The van der Waals surface area contributed by atoms with Gasteiger partial charge in [0, 0.05) is 49.5 Å². The molecule has 7 rings (SSSR count). The topological polar surface area (TPSA) is 78.7 Å². The van der Waals surface area contributed by atoms with Gasteiger partial charge in [-0.25, -0.2) is 4.39 Å². The van der Waals surface area contributed by atoms with Crippen LogP contribution in [0.3, 0.4) is 0 Å². The van der Waals surface area contributed by atoms with Gasteiger partial charge in [0.2, 0.25) is 0 Å². The predicted octanol–water partition coefficient (Wildman–Crippen LogP) is 5.71. The number of nitro groups is 1. The minimum absolute atomic E-state index is 0.102. The second kappa shape index (κ2) is 9.30. The summed E-state index contributed by atoms with van der Waals surface area (Å²) in [5, 5.41) is 15.5. The van der Waals surface area contributed by atoms with Crippen molar-refractivity contribution in [1.82, 2.24) is 4.90 Å². The van der Waals surface area contributed by atoms with Crippen LogP contribution < -0.4 is 10.2 Å². The molecule has 1 N–H and O–H groups in total. The summed E-state index contributed by atoms with van der Waals surface area (Å²) < 4.78 is 13.2. The number of carbonyl (C=O) groups is 1. The minimum atomic E-state index is -0.360. The van der Waals surface area contributed by atoms with Crippen LogP contribution in [-0.4, -0.2) is 48.0 Å². The first-order chi connectivity index (χ1) is 17.8. The zero-order valence-corrected chi connectivity index (χ0v) is 21.4. The highest BCUT2D eigenvalue weighted by Crippen LogP contribution is 2.61. The molecular weight excluding hydrogens is 471 g/mol. The predicted molar refractivity (Wildman–Crippen MR) is 141 cm³/mol. The molecule has 2 aromatic carbocycles. The lowest BCUT2D eigenvalue weighted by Gasteiger charge is -2.59. The molecule has 5 fully saturated rings. The van der Waals surface area contributed by atoms with E-state index in [0.29, 0.717) is 37.4 Å². The first-order valence-corrected chi connectivity index (χ1v) is 13.6. The number of nitrogens with one attached hydrogen (secondary N) is 1. The molecule has 1 atom stereocenters. The molecule has 1 heterocycles. The number of rotatable bonds is 6. The molecule has 0 aromatic heterocycles. The summed E-state index contributed by atoms with van der Waals surface area (Å²) in [6.45, 7) is 4.58. The van der Waals surface area contributed by atoms with Gasteiger partial charge in [0.1, 0.15) is 11.5 Å². The van der Waals surface area contributed by atoms with Crippen molar-refractivity contribution in [3.63, 3.8) is 0 Å². The van der Waals surface area contributed by atoms with Crippen LogP contribution >= 0.6 is 0 Å². The Balaban J connectivity index is 1.16. The quantitative estimate of drug-likeness (QED) is 0.401. The summed E-state index contributed by atoms with van der Waals surface area (Å²) in [6, 6.07) is 11.2. The Morgan fingerprint density at radius 3 is 2.16 bits per heavy atom. The van der Waals surface area contributed by atoms with Gasteiger partial charge in [0.25, 0.3) is 11.6 Å². The average Bonchev–Trinajstić information content (AvgIpc) is 2.88. The Bertz CT molecular complexity index is 1160. The van der Waals surface area contributed by atoms with Crippen LogP contribution in [0.25, 0.3) is 0 Å². The molecule has 196 valence electrons. The van der Waals surface area contributed by atoms with Crippen molar-refractivity contribution in [2.75, 3.05) is 36.4 Å². The lowest BCUT2D eigenvalue weighted by Crippen LogP contribution is -2.53. The van der Waals surface area contributed by atoms with Crippen LogP contribution in [0.15, 0.2) is 42.5 Å². The number of anilines is 2. The van der Waals surface area contributed by atoms with Gasteiger partial charge in [-0.2, -0.15) is 0 Å². The SMILES string of the molecule is C[C@@H](Nc1cc(N2CCN(C(=O)c3ccc(F)cc3)CC2)ccc1[N+](=O)[O-])C12CC3CC(CC(C3)C1)C2. The van der Waals surface area contributed by atoms with Crippen LogP contribution in [0.5, 0.6) is 0 Å². The first kappa shape index (κ1) is 24.2. The fourth-order valence-electron chi connectivity index (χ4n) is 8.03. The standard InChI is InChI=1S/C29H35FN4O3/c1-19(29-16-20-12-21(17-29)14-22(13-20)18-29)31-26-15-25(6-7-27(26)34(36)37)32-8-10-33(11-9-32)28(35)23-2-4-24(30)5-3-23/h2-7,15,19-22,31H,8-14,16-18H2,1H3/t19-,20?,21?,22?,29?/m1/s1. The van der Waals surface area contributed by atoms with Gasteiger partial charge in [-0.05, 0) is 105 Å². The maximum absolute atomic E-state index is 13.2. The lowest BCUT2D eigenvalue weighted by atomic mass is 9.48. The van der Waals surface area contributed by atoms with E-state index in [9.17, 15) is 19.3 Å². The van der Waals surface area contributed by atoms with Crippen molar-refractivity contribution in [2.24, 2.45) is 23.2 Å². The molecule has 37 heavy (non-hydrogen) atoms. The Hall–Kier alpha value is -3.16. The fourth-order valence-corrected chi connectivity index (χ4v) is 8.03. The second-order valence-electron chi connectivity index (χ2n) is 11.9. The first-order valence-electron chi connectivity index (χ1n) is 13.6. The Kier molecular flexibility index (Phi) is 6.08. The van der Waals surface area contributed by atoms with Gasteiger partial charge in [0.15, 0.2) is 0 Å². The number of benzene rings is 2. The number of halogens is 1. The Morgan fingerprint density at radius 2 is 1.59 bits per heavy atom. The number of piperazine rings is 1. The highest BCUT2D eigenvalue weighted by molar-refractivity contribution is 5.94. The highest BCUT2D eigenvalue weighted by Gasteiger charge is 2.53. The van der Waals surface area contributed by atoms with E-state index in [1.165, 1.54) is 62.8 Å². The molecule has 0 unspecified atom stereocenters. The van der Waals surface area contributed by atoms with E-state index < -0.39 is 0 Å². The number of hydrogen-bond donors (Lipinski definition) is 1. The molecule has 5 aliphatic rings. The summed E-state index contributed by atoms with van der Waals surface area (Å²) >= 11 is 0. The van der Waals surface area contributed by atoms with Crippen molar-refractivity contribution in [1.29, 1.82) is 0 Å². The summed E-state index contributed by atoms with van der Waals surface area (Å²) in [5.41, 5.74) is 2.36. The van der Waals surface area contributed by atoms with Crippen LogP contribution in [-0.2, 0) is 0 Å². The molecule has 4 bridgehead atoms. The smallest absolute Gasteiger partial charge is 0.292 e. The van der Waals surface area contributed by atoms with Crippen LogP contribution in [0.4, 0.5) is 21.5 Å². The molecule has 7 nitrogen and oxygen atoms in total. The molecule has 4 saturated carbocycles. The van der Waals surface area contributed by atoms with Crippen molar-refractivity contribution in [2.45, 2.75) is 51.5 Å². The minimum Gasteiger partial charge on any atom is -0.376 e. The zero-order chi connectivity index (χ0) is 25.7. The molecular formula is C29H35FN4O3. The van der Waals surface area contributed by atoms with Gasteiger partial charge < -0.3 is 15.1 Å². The van der Waals surface area contributed by atoms with Crippen molar-refractivity contribution < 1.29 is 14.1 Å². The van der Waals surface area contributed by atoms with E-state index in [4.69, 9.17) is 0 Å². The van der Waals surface area contributed by atoms with Crippen LogP contribution in [0.2, 0.25) is 0 Å². The molecule has 8 heteroatoms. The molecule has 1 saturated heterocycles. The third kappa shape index (κ3) is 4.55. The summed E-state index contributed by atoms with van der Waals surface area (Å²) in [4.78, 5) is 28.4. The van der Waals surface area contributed by atoms with Crippen LogP contribution in [0, 0.1) is 39.1 Å². The van der Waals surface area contributed by atoms with Gasteiger partial charge >= 0.3 is 0 Å². The largest absolute Gasteiger partial charge is 0.376 e. The monoisotopic (exact) mass is 506 g/mol. The van der Waals surface area contributed by atoms with E-state index >= 15 is 0 Å². The van der Waals surface area contributed by atoms with Gasteiger partial charge in [0.05, 0.1) is 4.92 Å². The maximum Gasteiger partial charge on any atom is 0.292 e. The number of amides is 1.